The largest absolute Gasteiger partial charge is 0.502 e. The van der Waals surface area contributed by atoms with E-state index in [4.69, 9.17) is 21.8 Å². The number of aliphatic hydroxyl groups is 1. The summed E-state index contributed by atoms with van der Waals surface area (Å²) in [6.07, 6.45) is 0.409. The van der Waals surface area contributed by atoms with Crippen LogP contribution < -0.4 is 0 Å². The molecule has 0 bridgehead atoms. The number of aliphatic hydroxyl groups excluding tert-OH is 1. The number of hydrogen-bond acceptors (Lipinski definition) is 3. The Bertz CT molecular complexity index is 522. The Balaban J connectivity index is 3.27. The Morgan fingerprint density at radius 2 is 1.94 bits per heavy atom. The zero-order chi connectivity index (χ0) is 13.2. The van der Waals surface area contributed by atoms with E-state index >= 15 is 0 Å². The fraction of sp³-hybridized carbons (Fsp3) is 0.0909. The quantitative estimate of drug-likeness (QED) is 0.496. The van der Waals surface area contributed by atoms with Crippen LogP contribution in [0.2, 0.25) is 5.02 Å². The molecule has 0 saturated carbocycles. The maximum atomic E-state index is 13.4. The lowest BCUT2D eigenvalue weighted by molar-refractivity contribution is -0.135. The molecule has 0 saturated heterocycles. The summed E-state index contributed by atoms with van der Waals surface area (Å²) in [5, 5.41) is 17.2. The number of carbonyl (C=O) groups is 2. The minimum absolute atomic E-state index is 0.107. The number of halogens is 2. The van der Waals surface area contributed by atoms with E-state index in [9.17, 15) is 14.0 Å². The van der Waals surface area contributed by atoms with Crippen molar-refractivity contribution < 1.29 is 24.2 Å². The molecule has 0 aliphatic rings. The van der Waals surface area contributed by atoms with Crippen LogP contribution in [0, 0.1) is 12.7 Å². The molecule has 90 valence electrons. The van der Waals surface area contributed by atoms with Crippen molar-refractivity contribution in [2.24, 2.45) is 0 Å². The third-order valence-corrected chi connectivity index (χ3v) is 2.50. The van der Waals surface area contributed by atoms with Gasteiger partial charge in [-0.05, 0) is 18.6 Å². The van der Waals surface area contributed by atoms with E-state index in [1.165, 1.54) is 6.07 Å². The lowest BCUT2D eigenvalue weighted by atomic mass is 10.1. The average molecular weight is 259 g/mol. The summed E-state index contributed by atoms with van der Waals surface area (Å²) in [4.78, 5) is 21.8. The van der Waals surface area contributed by atoms with Gasteiger partial charge in [-0.15, -0.1) is 0 Å². The first-order valence-corrected chi connectivity index (χ1v) is 4.85. The lowest BCUT2D eigenvalue weighted by Gasteiger charge is -2.05. The first-order valence-electron chi connectivity index (χ1n) is 4.47. The van der Waals surface area contributed by atoms with Crippen molar-refractivity contribution in [1.29, 1.82) is 0 Å². The maximum absolute atomic E-state index is 13.4. The van der Waals surface area contributed by atoms with Crippen molar-refractivity contribution in [2.75, 3.05) is 0 Å². The number of aliphatic carboxylic acids is 1. The molecule has 1 aromatic rings. The zero-order valence-corrected chi connectivity index (χ0v) is 9.45. The number of allylic oxidation sites excluding steroid dienone is 1. The number of carbonyl (C=O) groups excluding carboxylic acids is 1. The standard InChI is InChI=1S/C11H8ClFO4/c1-5-2-3-6(13)9(10(5)12)7(14)4-8(15)11(16)17/h2-4,15H,1H3,(H,16,17)/b8-4-. The maximum Gasteiger partial charge on any atom is 0.371 e. The summed E-state index contributed by atoms with van der Waals surface area (Å²) in [5.41, 5.74) is 0.0131. The molecule has 1 rings (SSSR count). The average Bonchev–Trinajstić information content (AvgIpc) is 2.24. The smallest absolute Gasteiger partial charge is 0.371 e. The zero-order valence-electron chi connectivity index (χ0n) is 8.70. The van der Waals surface area contributed by atoms with E-state index in [0.717, 1.165) is 6.07 Å². The molecule has 0 unspecified atom stereocenters. The van der Waals surface area contributed by atoms with Gasteiger partial charge in [-0.3, -0.25) is 4.79 Å². The summed E-state index contributed by atoms with van der Waals surface area (Å²) >= 11 is 5.74. The molecule has 17 heavy (non-hydrogen) atoms. The highest BCUT2D eigenvalue weighted by Gasteiger charge is 2.18. The van der Waals surface area contributed by atoms with Gasteiger partial charge in [-0.25, -0.2) is 9.18 Å². The number of rotatable bonds is 3. The van der Waals surface area contributed by atoms with Gasteiger partial charge in [0.25, 0.3) is 0 Å². The van der Waals surface area contributed by atoms with Gasteiger partial charge < -0.3 is 10.2 Å². The van der Waals surface area contributed by atoms with Gasteiger partial charge >= 0.3 is 5.97 Å². The molecule has 0 aliphatic carbocycles. The molecule has 0 radical (unpaired) electrons. The first kappa shape index (κ1) is 13.2. The molecule has 0 spiro atoms. The molecule has 0 heterocycles. The van der Waals surface area contributed by atoms with E-state index < -0.39 is 28.9 Å². The highest BCUT2D eigenvalue weighted by molar-refractivity contribution is 6.35. The number of benzene rings is 1. The second-order valence-electron chi connectivity index (χ2n) is 3.25. The van der Waals surface area contributed by atoms with Crippen LogP contribution in [0.25, 0.3) is 0 Å². The van der Waals surface area contributed by atoms with Crippen molar-refractivity contribution >= 4 is 23.4 Å². The Labute approximate surface area is 101 Å². The SMILES string of the molecule is Cc1ccc(F)c(C(=O)/C=C(\O)C(=O)O)c1Cl. The molecule has 0 amide bonds. The molecule has 2 N–H and O–H groups in total. The van der Waals surface area contributed by atoms with Gasteiger partial charge in [0.05, 0.1) is 10.6 Å². The normalized spacial score (nSPS) is 11.4. The highest BCUT2D eigenvalue weighted by Crippen LogP contribution is 2.24. The molecule has 0 aromatic heterocycles. The third-order valence-electron chi connectivity index (χ3n) is 2.02. The molecular weight excluding hydrogens is 251 g/mol. The highest BCUT2D eigenvalue weighted by atomic mass is 35.5. The van der Waals surface area contributed by atoms with Crippen LogP contribution in [0.4, 0.5) is 4.39 Å². The number of hydrogen-bond donors (Lipinski definition) is 2. The van der Waals surface area contributed by atoms with Crippen molar-refractivity contribution in [1.82, 2.24) is 0 Å². The van der Waals surface area contributed by atoms with Gasteiger partial charge in [-0.1, -0.05) is 17.7 Å². The van der Waals surface area contributed by atoms with Crippen LogP contribution in [0.15, 0.2) is 24.0 Å². The Morgan fingerprint density at radius 3 is 2.47 bits per heavy atom. The third kappa shape index (κ3) is 2.82. The molecular formula is C11H8ClFO4. The fourth-order valence-electron chi connectivity index (χ4n) is 1.14. The van der Waals surface area contributed by atoms with E-state index in [-0.39, 0.29) is 5.02 Å². The molecule has 0 atom stereocenters. The van der Waals surface area contributed by atoms with Crippen LogP contribution in [-0.2, 0) is 4.79 Å². The first-order chi connectivity index (χ1) is 7.84. The van der Waals surface area contributed by atoms with Gasteiger partial charge in [0, 0.05) is 6.08 Å². The molecule has 4 nitrogen and oxygen atoms in total. The number of aryl methyl sites for hydroxylation is 1. The molecule has 0 aliphatic heterocycles. The second-order valence-corrected chi connectivity index (χ2v) is 3.63. The summed E-state index contributed by atoms with van der Waals surface area (Å²) in [6, 6.07) is 2.43. The van der Waals surface area contributed by atoms with Crippen LogP contribution in [0.3, 0.4) is 0 Å². The Hall–Kier alpha value is -1.88. The predicted molar refractivity (Wildman–Crippen MR) is 58.8 cm³/mol. The minimum Gasteiger partial charge on any atom is -0.502 e. The van der Waals surface area contributed by atoms with Crippen LogP contribution >= 0.6 is 11.6 Å². The lowest BCUT2D eigenvalue weighted by Crippen LogP contribution is -2.06. The number of ketones is 1. The van der Waals surface area contributed by atoms with E-state index in [0.29, 0.717) is 11.6 Å². The van der Waals surface area contributed by atoms with Crippen LogP contribution in [0.1, 0.15) is 15.9 Å². The summed E-state index contributed by atoms with van der Waals surface area (Å²) in [6.45, 7) is 1.57. The monoisotopic (exact) mass is 258 g/mol. The van der Waals surface area contributed by atoms with Gasteiger partial charge in [0.1, 0.15) is 5.82 Å². The van der Waals surface area contributed by atoms with Crippen molar-refractivity contribution in [3.05, 3.63) is 45.9 Å². The van der Waals surface area contributed by atoms with Gasteiger partial charge in [0.2, 0.25) is 5.76 Å². The van der Waals surface area contributed by atoms with E-state index in [1.54, 1.807) is 6.92 Å². The van der Waals surface area contributed by atoms with Crippen molar-refractivity contribution in [3.8, 4) is 0 Å². The molecule has 0 fully saturated rings. The minimum atomic E-state index is -1.68. The van der Waals surface area contributed by atoms with Crippen molar-refractivity contribution in [3.63, 3.8) is 0 Å². The van der Waals surface area contributed by atoms with Crippen LogP contribution in [-0.4, -0.2) is 22.0 Å². The summed E-state index contributed by atoms with van der Waals surface area (Å²) < 4.78 is 13.4. The molecule has 6 heteroatoms. The molecule has 1 aromatic carbocycles. The number of carboxylic acid groups (broad SMARTS) is 1. The Morgan fingerprint density at radius 1 is 1.35 bits per heavy atom. The Kier molecular flexibility index (Phi) is 3.85. The predicted octanol–water partition coefficient (Wildman–Crippen LogP) is 2.50. The number of carboxylic acids is 1. The van der Waals surface area contributed by atoms with E-state index in [2.05, 4.69) is 0 Å². The second kappa shape index (κ2) is 4.97. The van der Waals surface area contributed by atoms with Crippen molar-refractivity contribution in [2.45, 2.75) is 6.92 Å². The van der Waals surface area contributed by atoms with Gasteiger partial charge in [0.15, 0.2) is 5.78 Å². The van der Waals surface area contributed by atoms with E-state index in [1.807, 2.05) is 0 Å². The topological polar surface area (TPSA) is 74.6 Å². The fourth-order valence-corrected chi connectivity index (χ4v) is 1.39. The van der Waals surface area contributed by atoms with Crippen LogP contribution in [0.5, 0.6) is 0 Å². The summed E-state index contributed by atoms with van der Waals surface area (Å²) in [5.74, 6) is -4.73. The summed E-state index contributed by atoms with van der Waals surface area (Å²) in [7, 11) is 0. The van der Waals surface area contributed by atoms with Gasteiger partial charge in [-0.2, -0.15) is 0 Å².